The summed E-state index contributed by atoms with van der Waals surface area (Å²) in [6.07, 6.45) is 7.66. The zero-order valence-electron chi connectivity index (χ0n) is 7.93. The molecule has 0 bridgehead atoms. The summed E-state index contributed by atoms with van der Waals surface area (Å²) in [6, 6.07) is 0. The van der Waals surface area contributed by atoms with E-state index < -0.39 is 0 Å². The quantitative estimate of drug-likeness (QED) is 0.614. The van der Waals surface area contributed by atoms with E-state index in [1.54, 1.807) is 6.08 Å². The highest BCUT2D eigenvalue weighted by molar-refractivity contribution is 5.37. The molecule has 0 aromatic carbocycles. The monoisotopic (exact) mass is 163 g/mol. The fourth-order valence-electron chi connectivity index (χ4n) is 0.858. The number of hydrogen-bond acceptors (Lipinski definition) is 1. The second-order valence-corrected chi connectivity index (χ2v) is 2.35. The third-order valence-corrected chi connectivity index (χ3v) is 1.46. The van der Waals surface area contributed by atoms with Gasteiger partial charge in [-0.25, -0.2) is 0 Å². The Labute approximate surface area is 75.2 Å². The van der Waals surface area contributed by atoms with Crippen LogP contribution in [-0.2, 0) is 0 Å². The van der Waals surface area contributed by atoms with E-state index in [0.29, 0.717) is 0 Å². The molecule has 0 unspecified atom stereocenters. The molecule has 0 amide bonds. The zero-order valence-corrected chi connectivity index (χ0v) is 7.93. The molecule has 0 aliphatic heterocycles. The molecule has 0 atom stereocenters. The Morgan fingerprint density at radius 3 is 2.58 bits per heavy atom. The van der Waals surface area contributed by atoms with Crippen molar-refractivity contribution in [3.8, 4) is 0 Å². The first-order valence-corrected chi connectivity index (χ1v) is 4.14. The van der Waals surface area contributed by atoms with Crippen LogP contribution in [0.1, 0.15) is 13.8 Å². The normalized spacial score (nSPS) is 11.7. The highest BCUT2D eigenvalue weighted by atomic mass is 14.9. The summed E-state index contributed by atoms with van der Waals surface area (Å²) in [5.74, 6) is 0. The van der Waals surface area contributed by atoms with Gasteiger partial charge in [-0.05, 0) is 19.4 Å². The summed E-state index contributed by atoms with van der Waals surface area (Å²) >= 11 is 0. The SMILES string of the molecule is C=C/C=C\C(=C/C)C(=C)NCC. The Balaban J connectivity index is 4.26. The van der Waals surface area contributed by atoms with Gasteiger partial charge in [0.25, 0.3) is 0 Å². The van der Waals surface area contributed by atoms with Crippen LogP contribution in [0.15, 0.2) is 48.7 Å². The van der Waals surface area contributed by atoms with Gasteiger partial charge in [-0.3, -0.25) is 0 Å². The van der Waals surface area contributed by atoms with E-state index >= 15 is 0 Å². The maximum atomic E-state index is 3.90. The third kappa shape index (κ3) is 3.81. The van der Waals surface area contributed by atoms with Crippen molar-refractivity contribution in [2.45, 2.75) is 13.8 Å². The predicted molar refractivity (Wildman–Crippen MR) is 55.9 cm³/mol. The minimum atomic E-state index is 0.901. The molecule has 0 aliphatic rings. The maximum Gasteiger partial charge on any atom is 0.0337 e. The van der Waals surface area contributed by atoms with Gasteiger partial charge in [0.2, 0.25) is 0 Å². The molecule has 0 saturated carbocycles. The molecule has 0 heterocycles. The molecule has 0 aromatic heterocycles. The number of rotatable bonds is 5. The van der Waals surface area contributed by atoms with Crippen LogP contribution in [0.4, 0.5) is 0 Å². The van der Waals surface area contributed by atoms with Gasteiger partial charge in [-0.1, -0.05) is 37.5 Å². The van der Waals surface area contributed by atoms with Crippen molar-refractivity contribution in [3.63, 3.8) is 0 Å². The molecule has 12 heavy (non-hydrogen) atoms. The molecule has 0 radical (unpaired) electrons. The lowest BCUT2D eigenvalue weighted by molar-refractivity contribution is 0.872. The molecular weight excluding hydrogens is 146 g/mol. The van der Waals surface area contributed by atoms with Gasteiger partial charge in [0.1, 0.15) is 0 Å². The molecule has 0 saturated heterocycles. The Hall–Kier alpha value is -1.24. The molecule has 1 heteroatoms. The molecular formula is C11H17N. The van der Waals surface area contributed by atoms with Crippen LogP contribution < -0.4 is 5.32 Å². The van der Waals surface area contributed by atoms with Gasteiger partial charge >= 0.3 is 0 Å². The van der Waals surface area contributed by atoms with E-state index in [0.717, 1.165) is 17.8 Å². The van der Waals surface area contributed by atoms with Gasteiger partial charge in [0, 0.05) is 12.2 Å². The number of nitrogens with one attached hydrogen (secondary N) is 1. The van der Waals surface area contributed by atoms with Gasteiger partial charge < -0.3 is 5.32 Å². The van der Waals surface area contributed by atoms with Crippen molar-refractivity contribution in [2.24, 2.45) is 0 Å². The Bertz CT molecular complexity index is 209. The van der Waals surface area contributed by atoms with Crippen molar-refractivity contribution in [2.75, 3.05) is 6.54 Å². The van der Waals surface area contributed by atoms with Gasteiger partial charge in [-0.15, -0.1) is 0 Å². The molecule has 0 aliphatic carbocycles. The van der Waals surface area contributed by atoms with Crippen LogP contribution in [-0.4, -0.2) is 6.54 Å². The zero-order chi connectivity index (χ0) is 9.40. The van der Waals surface area contributed by atoms with Crippen LogP contribution in [0.2, 0.25) is 0 Å². The predicted octanol–water partition coefficient (Wildman–Crippen LogP) is 2.80. The van der Waals surface area contributed by atoms with Crippen LogP contribution in [0.3, 0.4) is 0 Å². The summed E-state index contributed by atoms with van der Waals surface area (Å²) < 4.78 is 0. The molecule has 0 rings (SSSR count). The number of likely N-dealkylation sites (N-methyl/N-ethyl adjacent to an activating group) is 1. The summed E-state index contributed by atoms with van der Waals surface area (Å²) in [7, 11) is 0. The number of allylic oxidation sites excluding steroid dienone is 4. The lowest BCUT2D eigenvalue weighted by atomic mass is 10.2. The highest BCUT2D eigenvalue weighted by Gasteiger charge is 1.93. The van der Waals surface area contributed by atoms with E-state index in [-0.39, 0.29) is 0 Å². The standard InChI is InChI=1S/C11H17N/c1-5-8-9-11(6-2)10(4)12-7-3/h5-6,8-9,12H,1,4,7H2,2-3H3/b9-8-,11-6+. The van der Waals surface area contributed by atoms with Crippen molar-refractivity contribution in [3.05, 3.63) is 48.7 Å². The average molecular weight is 163 g/mol. The first kappa shape index (κ1) is 10.8. The maximum absolute atomic E-state index is 3.90. The van der Waals surface area contributed by atoms with E-state index in [9.17, 15) is 0 Å². The van der Waals surface area contributed by atoms with Crippen LogP contribution in [0.25, 0.3) is 0 Å². The van der Waals surface area contributed by atoms with E-state index in [4.69, 9.17) is 0 Å². The van der Waals surface area contributed by atoms with E-state index in [2.05, 4.69) is 25.4 Å². The van der Waals surface area contributed by atoms with Gasteiger partial charge in [0.05, 0.1) is 0 Å². The summed E-state index contributed by atoms with van der Waals surface area (Å²) in [4.78, 5) is 0. The lowest BCUT2D eigenvalue weighted by Crippen LogP contribution is -2.11. The molecule has 1 N–H and O–H groups in total. The van der Waals surface area contributed by atoms with Gasteiger partial charge in [0.15, 0.2) is 0 Å². The first-order valence-electron chi connectivity index (χ1n) is 4.14. The molecule has 66 valence electrons. The van der Waals surface area contributed by atoms with Crippen LogP contribution in [0.5, 0.6) is 0 Å². The highest BCUT2D eigenvalue weighted by Crippen LogP contribution is 2.05. The minimum absolute atomic E-state index is 0.901. The first-order chi connectivity index (χ1) is 5.76. The summed E-state index contributed by atoms with van der Waals surface area (Å²) in [6.45, 7) is 12.5. The Kier molecular flexibility index (Phi) is 5.80. The molecule has 0 aromatic rings. The molecule has 0 spiro atoms. The summed E-state index contributed by atoms with van der Waals surface area (Å²) in [5, 5.41) is 3.16. The lowest BCUT2D eigenvalue weighted by Gasteiger charge is -2.06. The summed E-state index contributed by atoms with van der Waals surface area (Å²) in [5.41, 5.74) is 2.06. The smallest absolute Gasteiger partial charge is 0.0337 e. The fraction of sp³-hybridized carbons (Fsp3) is 0.273. The molecule has 1 nitrogen and oxygen atoms in total. The van der Waals surface area contributed by atoms with E-state index in [1.165, 1.54) is 0 Å². The Morgan fingerprint density at radius 1 is 1.50 bits per heavy atom. The number of hydrogen-bond donors (Lipinski definition) is 1. The van der Waals surface area contributed by atoms with Crippen molar-refractivity contribution < 1.29 is 0 Å². The third-order valence-electron chi connectivity index (χ3n) is 1.46. The average Bonchev–Trinajstić information content (AvgIpc) is 2.06. The van der Waals surface area contributed by atoms with E-state index in [1.807, 2.05) is 25.2 Å². The molecule has 0 fully saturated rings. The minimum Gasteiger partial charge on any atom is -0.385 e. The largest absolute Gasteiger partial charge is 0.385 e. The second kappa shape index (κ2) is 6.47. The van der Waals surface area contributed by atoms with Crippen LogP contribution in [0, 0.1) is 0 Å². The second-order valence-electron chi connectivity index (χ2n) is 2.35. The van der Waals surface area contributed by atoms with Crippen molar-refractivity contribution in [1.29, 1.82) is 0 Å². The van der Waals surface area contributed by atoms with Crippen LogP contribution >= 0.6 is 0 Å². The van der Waals surface area contributed by atoms with Gasteiger partial charge in [-0.2, -0.15) is 0 Å². The fourth-order valence-corrected chi connectivity index (χ4v) is 0.858. The Morgan fingerprint density at radius 2 is 2.17 bits per heavy atom. The topological polar surface area (TPSA) is 12.0 Å². The van der Waals surface area contributed by atoms with Crippen molar-refractivity contribution >= 4 is 0 Å². The van der Waals surface area contributed by atoms with Crippen molar-refractivity contribution in [1.82, 2.24) is 5.32 Å².